The van der Waals surface area contributed by atoms with Gasteiger partial charge in [0.05, 0.1) is 23.4 Å². The van der Waals surface area contributed by atoms with Gasteiger partial charge in [-0.25, -0.2) is 0 Å². The van der Waals surface area contributed by atoms with E-state index in [-0.39, 0.29) is 23.7 Å². The zero-order valence-corrected chi connectivity index (χ0v) is 11.7. The molecule has 1 aromatic rings. The first-order chi connectivity index (χ1) is 9.68. The van der Waals surface area contributed by atoms with E-state index in [0.29, 0.717) is 18.1 Å². The number of nitrogens with zero attached hydrogens (tertiary/aromatic N) is 2. The number of alkyl halides is 3. The second-order valence-electron chi connectivity index (χ2n) is 5.42. The molecule has 1 heterocycles. The molecule has 114 valence electrons. The summed E-state index contributed by atoms with van der Waals surface area (Å²) in [6, 6.07) is 2.89. The average Bonchev–Trinajstić information content (AvgIpc) is 2.67. The van der Waals surface area contributed by atoms with Crippen molar-refractivity contribution in [2.45, 2.75) is 32.9 Å². The summed E-state index contributed by atoms with van der Waals surface area (Å²) in [5.41, 5.74) is 5.58. The van der Waals surface area contributed by atoms with E-state index in [0.717, 1.165) is 17.1 Å². The molecule has 0 saturated carbocycles. The minimum Gasteiger partial charge on any atom is -0.397 e. The highest BCUT2D eigenvalue weighted by molar-refractivity contribution is 6.13. The Labute approximate surface area is 120 Å². The quantitative estimate of drug-likeness (QED) is 0.869. The molecule has 7 heteroatoms. The third-order valence-corrected chi connectivity index (χ3v) is 3.06. The lowest BCUT2D eigenvalue weighted by Crippen LogP contribution is -2.21. The first kappa shape index (κ1) is 15.3. The van der Waals surface area contributed by atoms with E-state index in [1.54, 1.807) is 0 Å². The van der Waals surface area contributed by atoms with Crippen molar-refractivity contribution in [2.75, 3.05) is 10.7 Å². The number of benzene rings is 1. The molecule has 0 unspecified atom stereocenters. The van der Waals surface area contributed by atoms with E-state index in [9.17, 15) is 18.0 Å². The monoisotopic (exact) mass is 299 g/mol. The molecule has 0 fully saturated rings. The largest absolute Gasteiger partial charge is 0.416 e. The van der Waals surface area contributed by atoms with Crippen LogP contribution in [0.3, 0.4) is 0 Å². The first-order valence-corrected chi connectivity index (χ1v) is 6.54. The SMILES string of the molecule is CC(C)CC1=NN(c2ccc(C(F)(F)F)cc2N)C(=O)C1. The molecule has 0 atom stereocenters. The fourth-order valence-electron chi connectivity index (χ4n) is 2.18. The standard InChI is InChI=1S/C14H16F3N3O/c1-8(2)5-10-7-13(21)20(19-10)12-4-3-9(6-11(12)18)14(15,16)17/h3-4,6,8H,5,7,18H2,1-2H3. The van der Waals surface area contributed by atoms with Gasteiger partial charge < -0.3 is 5.73 Å². The highest BCUT2D eigenvalue weighted by atomic mass is 19.4. The molecule has 1 aliphatic heterocycles. The Morgan fingerprint density at radius 2 is 2.05 bits per heavy atom. The molecule has 0 aromatic heterocycles. The number of rotatable bonds is 3. The molecule has 0 bridgehead atoms. The maximum Gasteiger partial charge on any atom is 0.416 e. The Hall–Kier alpha value is -2.05. The maximum absolute atomic E-state index is 12.6. The van der Waals surface area contributed by atoms with Gasteiger partial charge in [0.25, 0.3) is 5.91 Å². The zero-order valence-electron chi connectivity index (χ0n) is 11.7. The number of anilines is 2. The van der Waals surface area contributed by atoms with Gasteiger partial charge >= 0.3 is 6.18 Å². The molecule has 2 N–H and O–H groups in total. The second-order valence-corrected chi connectivity index (χ2v) is 5.42. The fraction of sp³-hybridized carbons (Fsp3) is 0.429. The number of hydrazone groups is 1. The molecule has 1 amide bonds. The average molecular weight is 299 g/mol. The predicted octanol–water partition coefficient (Wildman–Crippen LogP) is 3.43. The molecule has 4 nitrogen and oxygen atoms in total. The lowest BCUT2D eigenvalue weighted by molar-refractivity contribution is -0.137. The van der Waals surface area contributed by atoms with Crippen LogP contribution >= 0.6 is 0 Å². The summed E-state index contributed by atoms with van der Waals surface area (Å²) in [4.78, 5) is 11.9. The van der Waals surface area contributed by atoms with Crippen LogP contribution in [0.15, 0.2) is 23.3 Å². The molecule has 0 saturated heterocycles. The van der Waals surface area contributed by atoms with E-state index in [2.05, 4.69) is 5.10 Å². The molecule has 1 aliphatic rings. The van der Waals surface area contributed by atoms with Gasteiger partial charge in [-0.05, 0) is 30.5 Å². The van der Waals surface area contributed by atoms with Crippen molar-refractivity contribution in [1.82, 2.24) is 0 Å². The minimum atomic E-state index is -4.46. The molecular weight excluding hydrogens is 283 g/mol. The topological polar surface area (TPSA) is 58.7 Å². The van der Waals surface area contributed by atoms with Crippen molar-refractivity contribution in [3.05, 3.63) is 23.8 Å². The summed E-state index contributed by atoms with van der Waals surface area (Å²) in [5.74, 6) is 0.0681. The van der Waals surface area contributed by atoms with Gasteiger partial charge in [-0.2, -0.15) is 23.3 Å². The van der Waals surface area contributed by atoms with Gasteiger partial charge in [0.1, 0.15) is 0 Å². The van der Waals surface area contributed by atoms with Crippen molar-refractivity contribution in [1.29, 1.82) is 0 Å². The minimum absolute atomic E-state index is 0.118. The summed E-state index contributed by atoms with van der Waals surface area (Å²) in [5, 5.41) is 5.26. The summed E-state index contributed by atoms with van der Waals surface area (Å²) in [6.07, 6.45) is -3.62. The van der Waals surface area contributed by atoms with Crippen LogP contribution in [0.25, 0.3) is 0 Å². The molecule has 1 aromatic carbocycles. The van der Waals surface area contributed by atoms with Crippen molar-refractivity contribution in [3.63, 3.8) is 0 Å². The van der Waals surface area contributed by atoms with Crippen LogP contribution < -0.4 is 10.7 Å². The third-order valence-electron chi connectivity index (χ3n) is 3.06. The van der Waals surface area contributed by atoms with Crippen LogP contribution in [0.5, 0.6) is 0 Å². The van der Waals surface area contributed by atoms with Crippen molar-refractivity contribution < 1.29 is 18.0 Å². The highest BCUT2D eigenvalue weighted by Crippen LogP contribution is 2.35. The number of amides is 1. The van der Waals surface area contributed by atoms with Gasteiger partial charge in [-0.3, -0.25) is 4.79 Å². The number of nitrogens with two attached hydrogens (primary N) is 1. The Morgan fingerprint density at radius 1 is 1.38 bits per heavy atom. The normalized spacial score (nSPS) is 15.8. The van der Waals surface area contributed by atoms with Crippen molar-refractivity contribution >= 4 is 23.0 Å². The van der Waals surface area contributed by atoms with Crippen LogP contribution in [-0.2, 0) is 11.0 Å². The Balaban J connectivity index is 2.30. The van der Waals surface area contributed by atoms with Crippen LogP contribution in [0.1, 0.15) is 32.3 Å². The zero-order chi connectivity index (χ0) is 15.8. The highest BCUT2D eigenvalue weighted by Gasteiger charge is 2.32. The number of nitrogen functional groups attached to an aromatic ring is 1. The fourth-order valence-corrected chi connectivity index (χ4v) is 2.18. The van der Waals surface area contributed by atoms with Crippen LogP contribution in [0.4, 0.5) is 24.5 Å². The van der Waals surface area contributed by atoms with Crippen molar-refractivity contribution in [3.8, 4) is 0 Å². The maximum atomic E-state index is 12.6. The van der Waals surface area contributed by atoms with Crippen molar-refractivity contribution in [2.24, 2.45) is 11.0 Å². The first-order valence-electron chi connectivity index (χ1n) is 6.54. The van der Waals surface area contributed by atoms with E-state index in [1.165, 1.54) is 6.07 Å². The lowest BCUT2D eigenvalue weighted by atomic mass is 10.1. The van der Waals surface area contributed by atoms with Gasteiger partial charge in [0.2, 0.25) is 0 Å². The number of carbonyl (C=O) groups is 1. The van der Waals surface area contributed by atoms with Crippen LogP contribution in [-0.4, -0.2) is 11.6 Å². The van der Waals surface area contributed by atoms with Crippen LogP contribution in [0.2, 0.25) is 0 Å². The van der Waals surface area contributed by atoms with E-state index in [1.807, 2.05) is 13.8 Å². The van der Waals surface area contributed by atoms with E-state index < -0.39 is 11.7 Å². The Morgan fingerprint density at radius 3 is 2.57 bits per heavy atom. The van der Waals surface area contributed by atoms with E-state index in [4.69, 9.17) is 5.73 Å². The molecule has 2 rings (SSSR count). The summed E-state index contributed by atoms with van der Waals surface area (Å²) < 4.78 is 37.8. The summed E-state index contributed by atoms with van der Waals surface area (Å²) in [7, 11) is 0. The number of hydrogen-bond donors (Lipinski definition) is 1. The number of carbonyl (C=O) groups excluding carboxylic acids is 1. The summed E-state index contributed by atoms with van der Waals surface area (Å²) in [6.45, 7) is 4.00. The molecule has 0 spiro atoms. The molecular formula is C14H16F3N3O. The number of halogens is 3. The van der Waals surface area contributed by atoms with Gasteiger partial charge in [-0.15, -0.1) is 0 Å². The molecule has 0 radical (unpaired) electrons. The molecule has 0 aliphatic carbocycles. The molecule has 21 heavy (non-hydrogen) atoms. The lowest BCUT2D eigenvalue weighted by Gasteiger charge is -2.16. The predicted molar refractivity (Wildman–Crippen MR) is 74.8 cm³/mol. The van der Waals surface area contributed by atoms with E-state index >= 15 is 0 Å². The Kier molecular flexibility index (Phi) is 3.93. The van der Waals surface area contributed by atoms with Crippen LogP contribution in [0, 0.1) is 5.92 Å². The Bertz CT molecular complexity index is 594. The summed E-state index contributed by atoms with van der Waals surface area (Å²) >= 11 is 0. The third kappa shape index (κ3) is 3.34. The van der Waals surface area contributed by atoms with Gasteiger partial charge in [0, 0.05) is 5.71 Å². The number of hydrogen-bond acceptors (Lipinski definition) is 3. The smallest absolute Gasteiger partial charge is 0.397 e. The second kappa shape index (κ2) is 5.38. The van der Waals surface area contributed by atoms with Gasteiger partial charge in [-0.1, -0.05) is 13.8 Å². The van der Waals surface area contributed by atoms with Gasteiger partial charge in [0.15, 0.2) is 0 Å².